The molecule has 0 amide bonds. The molecular weight excluding hydrogens is 262 g/mol. The molecule has 0 fully saturated rings. The molecule has 4 heteroatoms. The van der Waals surface area contributed by atoms with Crippen molar-refractivity contribution in [2.45, 2.75) is 45.4 Å². The normalized spacial score (nSPS) is 14.0. The highest BCUT2D eigenvalue weighted by Crippen LogP contribution is 2.20. The van der Waals surface area contributed by atoms with Crippen LogP contribution in [0.25, 0.3) is 0 Å². The fourth-order valence-corrected chi connectivity index (χ4v) is 2.54. The maximum atomic E-state index is 9.69. The number of hydrogen-bond donors (Lipinski definition) is 2. The SMILES string of the molecule is CCn1cc(CNCC(CC(C)O)c2ccccc2)cn1. The number of aromatic nitrogens is 2. The summed E-state index contributed by atoms with van der Waals surface area (Å²) in [6.45, 7) is 6.49. The van der Waals surface area contributed by atoms with Gasteiger partial charge in [0.2, 0.25) is 0 Å². The molecule has 2 N–H and O–H groups in total. The second kappa shape index (κ2) is 7.96. The third-order valence-corrected chi connectivity index (χ3v) is 3.63. The minimum Gasteiger partial charge on any atom is -0.393 e. The summed E-state index contributed by atoms with van der Waals surface area (Å²) in [7, 11) is 0. The van der Waals surface area contributed by atoms with E-state index in [1.807, 2.05) is 23.9 Å². The van der Waals surface area contributed by atoms with Gasteiger partial charge in [-0.1, -0.05) is 30.3 Å². The summed E-state index contributed by atoms with van der Waals surface area (Å²) in [5, 5.41) is 17.4. The van der Waals surface area contributed by atoms with Crippen molar-refractivity contribution in [1.82, 2.24) is 15.1 Å². The van der Waals surface area contributed by atoms with Crippen LogP contribution in [0.15, 0.2) is 42.7 Å². The lowest BCUT2D eigenvalue weighted by Gasteiger charge is -2.19. The highest BCUT2D eigenvalue weighted by Gasteiger charge is 2.13. The van der Waals surface area contributed by atoms with Gasteiger partial charge in [-0.15, -0.1) is 0 Å². The molecule has 2 unspecified atom stereocenters. The van der Waals surface area contributed by atoms with Crippen LogP contribution in [0.5, 0.6) is 0 Å². The lowest BCUT2D eigenvalue weighted by Crippen LogP contribution is -2.23. The van der Waals surface area contributed by atoms with Gasteiger partial charge in [-0.3, -0.25) is 4.68 Å². The molecule has 114 valence electrons. The Morgan fingerprint density at radius 3 is 2.67 bits per heavy atom. The molecule has 2 rings (SSSR count). The van der Waals surface area contributed by atoms with Crippen LogP contribution < -0.4 is 5.32 Å². The Kier molecular flexibility index (Phi) is 5.96. The Hall–Kier alpha value is -1.65. The van der Waals surface area contributed by atoms with Gasteiger partial charge in [-0.2, -0.15) is 5.10 Å². The number of benzene rings is 1. The Balaban J connectivity index is 1.90. The fourth-order valence-electron chi connectivity index (χ4n) is 2.54. The maximum absolute atomic E-state index is 9.69. The Morgan fingerprint density at radius 1 is 1.29 bits per heavy atom. The molecule has 4 nitrogen and oxygen atoms in total. The molecule has 0 spiro atoms. The molecule has 2 aromatic rings. The molecule has 0 bridgehead atoms. The van der Waals surface area contributed by atoms with Gasteiger partial charge in [0.05, 0.1) is 12.3 Å². The van der Waals surface area contributed by atoms with Gasteiger partial charge in [-0.25, -0.2) is 0 Å². The summed E-state index contributed by atoms with van der Waals surface area (Å²) >= 11 is 0. The zero-order valence-corrected chi connectivity index (χ0v) is 12.9. The van der Waals surface area contributed by atoms with Crippen molar-refractivity contribution in [2.24, 2.45) is 0 Å². The number of nitrogens with zero attached hydrogens (tertiary/aromatic N) is 2. The van der Waals surface area contributed by atoms with Crippen LogP contribution in [-0.4, -0.2) is 27.5 Å². The van der Waals surface area contributed by atoms with Gasteiger partial charge in [0.15, 0.2) is 0 Å². The standard InChI is InChI=1S/C17H25N3O/c1-3-20-13-15(11-19-20)10-18-12-17(9-14(2)21)16-7-5-4-6-8-16/h4-8,11,13-14,17-18,21H,3,9-10,12H2,1-2H3. The van der Waals surface area contributed by atoms with Gasteiger partial charge in [0.1, 0.15) is 0 Å². The van der Waals surface area contributed by atoms with Crippen molar-refractivity contribution in [3.63, 3.8) is 0 Å². The molecular formula is C17H25N3O. The largest absolute Gasteiger partial charge is 0.393 e. The van der Waals surface area contributed by atoms with E-state index < -0.39 is 0 Å². The van der Waals surface area contributed by atoms with E-state index in [1.165, 1.54) is 11.1 Å². The van der Waals surface area contributed by atoms with Crippen molar-refractivity contribution < 1.29 is 5.11 Å². The van der Waals surface area contributed by atoms with Gasteiger partial charge in [0, 0.05) is 31.4 Å². The smallest absolute Gasteiger partial charge is 0.0534 e. The van der Waals surface area contributed by atoms with Gasteiger partial charge >= 0.3 is 0 Å². The average molecular weight is 287 g/mol. The molecule has 0 aliphatic rings. The zero-order chi connectivity index (χ0) is 15.1. The molecule has 1 aromatic heterocycles. The summed E-state index contributed by atoms with van der Waals surface area (Å²) in [5.41, 5.74) is 2.47. The van der Waals surface area contributed by atoms with Crippen LogP contribution in [0.2, 0.25) is 0 Å². The summed E-state index contributed by atoms with van der Waals surface area (Å²) in [4.78, 5) is 0. The number of hydrogen-bond acceptors (Lipinski definition) is 3. The first-order valence-corrected chi connectivity index (χ1v) is 7.64. The predicted octanol–water partition coefficient (Wildman–Crippen LogP) is 2.55. The van der Waals surface area contributed by atoms with E-state index in [-0.39, 0.29) is 6.10 Å². The van der Waals surface area contributed by atoms with Crippen LogP contribution >= 0.6 is 0 Å². The van der Waals surface area contributed by atoms with E-state index in [4.69, 9.17) is 0 Å². The number of aryl methyl sites for hydroxylation is 1. The lowest BCUT2D eigenvalue weighted by atomic mass is 9.93. The Bertz CT molecular complexity index is 522. The Morgan fingerprint density at radius 2 is 2.05 bits per heavy atom. The first-order chi connectivity index (χ1) is 10.2. The van der Waals surface area contributed by atoms with E-state index >= 15 is 0 Å². The highest BCUT2D eigenvalue weighted by molar-refractivity contribution is 5.20. The second-order valence-corrected chi connectivity index (χ2v) is 5.53. The van der Waals surface area contributed by atoms with Crippen LogP contribution in [-0.2, 0) is 13.1 Å². The van der Waals surface area contributed by atoms with Crippen molar-refractivity contribution in [3.8, 4) is 0 Å². The first-order valence-electron chi connectivity index (χ1n) is 7.64. The summed E-state index contributed by atoms with van der Waals surface area (Å²) in [6.07, 6.45) is 4.45. The van der Waals surface area contributed by atoms with Gasteiger partial charge in [0.25, 0.3) is 0 Å². The number of rotatable bonds is 8. The molecule has 0 aliphatic heterocycles. The number of aliphatic hydroxyl groups is 1. The minimum absolute atomic E-state index is 0.292. The fraction of sp³-hybridized carbons (Fsp3) is 0.471. The minimum atomic E-state index is -0.292. The van der Waals surface area contributed by atoms with Gasteiger partial charge < -0.3 is 10.4 Å². The quantitative estimate of drug-likeness (QED) is 0.784. The molecule has 1 aromatic carbocycles. The lowest BCUT2D eigenvalue weighted by molar-refractivity contribution is 0.173. The molecule has 0 saturated carbocycles. The monoisotopic (exact) mass is 287 g/mol. The van der Waals surface area contributed by atoms with Crippen LogP contribution in [0.4, 0.5) is 0 Å². The third kappa shape index (κ3) is 4.99. The maximum Gasteiger partial charge on any atom is 0.0534 e. The third-order valence-electron chi connectivity index (χ3n) is 3.63. The zero-order valence-electron chi connectivity index (χ0n) is 12.9. The summed E-state index contributed by atoms with van der Waals surface area (Å²) < 4.78 is 1.93. The molecule has 0 radical (unpaired) electrons. The number of nitrogens with one attached hydrogen (secondary N) is 1. The van der Waals surface area contributed by atoms with Gasteiger partial charge in [-0.05, 0) is 31.7 Å². The highest BCUT2D eigenvalue weighted by atomic mass is 16.3. The predicted molar refractivity (Wildman–Crippen MR) is 85.1 cm³/mol. The van der Waals surface area contributed by atoms with Crippen LogP contribution in [0, 0.1) is 0 Å². The van der Waals surface area contributed by atoms with E-state index in [0.29, 0.717) is 5.92 Å². The van der Waals surface area contributed by atoms with E-state index in [0.717, 1.165) is 26.1 Å². The van der Waals surface area contributed by atoms with Crippen LogP contribution in [0.3, 0.4) is 0 Å². The Labute approximate surface area is 126 Å². The van der Waals surface area contributed by atoms with E-state index in [2.05, 4.69) is 47.8 Å². The summed E-state index contributed by atoms with van der Waals surface area (Å²) in [6, 6.07) is 10.4. The molecule has 21 heavy (non-hydrogen) atoms. The van der Waals surface area contributed by atoms with Crippen molar-refractivity contribution >= 4 is 0 Å². The average Bonchev–Trinajstić information content (AvgIpc) is 2.95. The molecule has 0 saturated heterocycles. The van der Waals surface area contributed by atoms with E-state index in [9.17, 15) is 5.11 Å². The van der Waals surface area contributed by atoms with Crippen molar-refractivity contribution in [3.05, 3.63) is 53.9 Å². The first kappa shape index (κ1) is 15.7. The second-order valence-electron chi connectivity index (χ2n) is 5.53. The molecule has 2 atom stereocenters. The van der Waals surface area contributed by atoms with Crippen LogP contribution in [0.1, 0.15) is 37.3 Å². The number of aliphatic hydroxyl groups excluding tert-OH is 1. The molecule has 1 heterocycles. The topological polar surface area (TPSA) is 50.1 Å². The van der Waals surface area contributed by atoms with Crippen molar-refractivity contribution in [1.29, 1.82) is 0 Å². The van der Waals surface area contributed by atoms with E-state index in [1.54, 1.807) is 0 Å². The summed E-state index contributed by atoms with van der Waals surface area (Å²) in [5.74, 6) is 0.326. The van der Waals surface area contributed by atoms with Crippen molar-refractivity contribution in [2.75, 3.05) is 6.54 Å². The molecule has 0 aliphatic carbocycles.